The summed E-state index contributed by atoms with van der Waals surface area (Å²) in [6.07, 6.45) is -0.512. The summed E-state index contributed by atoms with van der Waals surface area (Å²) < 4.78 is 10.7. The molecule has 0 atom stereocenters. The van der Waals surface area contributed by atoms with E-state index >= 15 is 0 Å². The van der Waals surface area contributed by atoms with Crippen LogP contribution >= 0.6 is 0 Å². The lowest BCUT2D eigenvalue weighted by Gasteiger charge is -2.15. The van der Waals surface area contributed by atoms with Gasteiger partial charge in [0.25, 0.3) is 0 Å². The zero-order valence-corrected chi connectivity index (χ0v) is 18.9. The standard InChI is InChI=1S/C25H29N3O3/c1-15(2)23-17(4)26-24(27-18(23)5)19-11-12-22(16(3)13-19)31-14-20-9-7-8-10-21(20)28-25(29)30-6/h7-13,15H,14H2,1-6H3,(H,28,29). The van der Waals surface area contributed by atoms with Gasteiger partial charge in [-0.15, -0.1) is 0 Å². The molecular weight excluding hydrogens is 390 g/mol. The summed E-state index contributed by atoms with van der Waals surface area (Å²) in [5, 5.41) is 2.71. The number of carbonyl (C=O) groups excluding carboxylic acids is 1. The minimum absolute atomic E-state index is 0.318. The van der Waals surface area contributed by atoms with Crippen LogP contribution in [-0.2, 0) is 11.3 Å². The highest BCUT2D eigenvalue weighted by atomic mass is 16.5. The molecule has 162 valence electrons. The van der Waals surface area contributed by atoms with Crippen LogP contribution in [0.2, 0.25) is 0 Å². The Hall–Kier alpha value is -3.41. The predicted octanol–water partition coefficient (Wildman–Crippen LogP) is 5.95. The Balaban J connectivity index is 1.79. The Morgan fingerprint density at radius 1 is 1.03 bits per heavy atom. The molecule has 0 unspecified atom stereocenters. The van der Waals surface area contributed by atoms with Gasteiger partial charge in [0.1, 0.15) is 12.4 Å². The van der Waals surface area contributed by atoms with E-state index in [9.17, 15) is 4.79 Å². The second-order valence-corrected chi connectivity index (χ2v) is 7.83. The lowest BCUT2D eigenvalue weighted by Crippen LogP contribution is -2.13. The molecule has 31 heavy (non-hydrogen) atoms. The number of carbonyl (C=O) groups is 1. The summed E-state index contributed by atoms with van der Waals surface area (Å²) in [4.78, 5) is 21.0. The van der Waals surface area contributed by atoms with Crippen LogP contribution in [-0.4, -0.2) is 23.2 Å². The molecule has 1 heterocycles. The molecule has 0 fully saturated rings. The fraction of sp³-hybridized carbons (Fsp3) is 0.320. The summed E-state index contributed by atoms with van der Waals surface area (Å²) >= 11 is 0. The van der Waals surface area contributed by atoms with Gasteiger partial charge in [-0.1, -0.05) is 32.0 Å². The number of ether oxygens (including phenoxy) is 2. The van der Waals surface area contributed by atoms with Crippen molar-refractivity contribution in [2.24, 2.45) is 0 Å². The van der Waals surface area contributed by atoms with Gasteiger partial charge in [-0.3, -0.25) is 5.32 Å². The van der Waals surface area contributed by atoms with Crippen molar-refractivity contribution in [1.82, 2.24) is 9.97 Å². The van der Waals surface area contributed by atoms with Crippen molar-refractivity contribution < 1.29 is 14.3 Å². The smallest absolute Gasteiger partial charge is 0.411 e. The highest BCUT2D eigenvalue weighted by molar-refractivity contribution is 5.85. The maximum Gasteiger partial charge on any atom is 0.411 e. The Bertz CT molecular complexity index is 1070. The van der Waals surface area contributed by atoms with Crippen molar-refractivity contribution in [1.29, 1.82) is 0 Å². The van der Waals surface area contributed by atoms with E-state index in [0.29, 0.717) is 18.2 Å². The lowest BCUT2D eigenvalue weighted by atomic mass is 9.99. The molecule has 1 aromatic heterocycles. The van der Waals surface area contributed by atoms with Gasteiger partial charge in [-0.05, 0) is 62.1 Å². The van der Waals surface area contributed by atoms with E-state index < -0.39 is 6.09 Å². The van der Waals surface area contributed by atoms with Crippen LogP contribution < -0.4 is 10.1 Å². The molecule has 3 rings (SSSR count). The van der Waals surface area contributed by atoms with Crippen LogP contribution in [0.25, 0.3) is 11.4 Å². The van der Waals surface area contributed by atoms with Crippen molar-refractivity contribution in [3.05, 3.63) is 70.5 Å². The summed E-state index contributed by atoms with van der Waals surface area (Å²) in [7, 11) is 1.34. The fourth-order valence-electron chi connectivity index (χ4n) is 3.72. The number of amides is 1. The van der Waals surface area contributed by atoms with Crippen molar-refractivity contribution in [3.63, 3.8) is 0 Å². The number of aromatic nitrogens is 2. The van der Waals surface area contributed by atoms with Gasteiger partial charge >= 0.3 is 6.09 Å². The highest BCUT2D eigenvalue weighted by Crippen LogP contribution is 2.28. The van der Waals surface area contributed by atoms with Crippen LogP contribution in [0.3, 0.4) is 0 Å². The zero-order valence-electron chi connectivity index (χ0n) is 18.9. The monoisotopic (exact) mass is 419 g/mol. The van der Waals surface area contributed by atoms with E-state index in [1.807, 2.05) is 63.2 Å². The normalized spacial score (nSPS) is 10.8. The number of benzene rings is 2. The van der Waals surface area contributed by atoms with E-state index in [1.165, 1.54) is 12.7 Å². The molecule has 6 heteroatoms. The average Bonchev–Trinajstić information content (AvgIpc) is 2.72. The molecule has 6 nitrogen and oxygen atoms in total. The first kappa shape index (κ1) is 22.3. The Morgan fingerprint density at radius 2 is 1.71 bits per heavy atom. The number of para-hydroxylation sites is 1. The average molecular weight is 420 g/mol. The van der Waals surface area contributed by atoms with Crippen LogP contribution in [0.5, 0.6) is 5.75 Å². The molecule has 0 radical (unpaired) electrons. The molecule has 0 aliphatic carbocycles. The van der Waals surface area contributed by atoms with Crippen molar-refractivity contribution in [2.75, 3.05) is 12.4 Å². The number of hydrogen-bond donors (Lipinski definition) is 1. The zero-order chi connectivity index (χ0) is 22.5. The number of nitrogens with zero attached hydrogens (tertiary/aromatic N) is 2. The Labute approximate surface area is 183 Å². The minimum atomic E-state index is -0.512. The van der Waals surface area contributed by atoms with Crippen molar-refractivity contribution in [2.45, 2.75) is 47.1 Å². The van der Waals surface area contributed by atoms with Crippen LogP contribution in [0.15, 0.2) is 42.5 Å². The third kappa shape index (κ3) is 5.20. The highest BCUT2D eigenvalue weighted by Gasteiger charge is 2.14. The third-order valence-electron chi connectivity index (χ3n) is 5.16. The molecule has 0 saturated carbocycles. The number of rotatable bonds is 6. The Morgan fingerprint density at radius 3 is 2.32 bits per heavy atom. The first-order valence-corrected chi connectivity index (χ1v) is 10.3. The second-order valence-electron chi connectivity index (χ2n) is 7.83. The maximum absolute atomic E-state index is 11.6. The topological polar surface area (TPSA) is 73.3 Å². The van der Waals surface area contributed by atoms with Gasteiger partial charge in [-0.2, -0.15) is 0 Å². The SMILES string of the molecule is COC(=O)Nc1ccccc1COc1ccc(-c2nc(C)c(C(C)C)c(C)n2)cc1C. The third-order valence-corrected chi connectivity index (χ3v) is 5.16. The second kappa shape index (κ2) is 9.60. The number of methoxy groups -OCH3 is 1. The van der Waals surface area contributed by atoms with Crippen molar-refractivity contribution in [3.8, 4) is 17.1 Å². The molecule has 1 N–H and O–H groups in total. The summed E-state index contributed by atoms with van der Waals surface area (Å²) in [5.41, 5.74) is 6.71. The largest absolute Gasteiger partial charge is 0.489 e. The summed E-state index contributed by atoms with van der Waals surface area (Å²) in [6, 6.07) is 13.4. The first-order valence-electron chi connectivity index (χ1n) is 10.3. The van der Waals surface area contributed by atoms with Gasteiger partial charge in [0.15, 0.2) is 5.82 Å². The first-order chi connectivity index (χ1) is 14.8. The van der Waals surface area contributed by atoms with Crippen molar-refractivity contribution >= 4 is 11.8 Å². The van der Waals surface area contributed by atoms with Gasteiger partial charge < -0.3 is 9.47 Å². The van der Waals surface area contributed by atoms with E-state index in [2.05, 4.69) is 23.9 Å². The summed E-state index contributed by atoms with van der Waals surface area (Å²) in [5.74, 6) is 1.88. The molecule has 0 bridgehead atoms. The lowest BCUT2D eigenvalue weighted by molar-refractivity contribution is 0.187. The fourth-order valence-corrected chi connectivity index (χ4v) is 3.72. The van der Waals surface area contributed by atoms with Gasteiger partial charge in [0, 0.05) is 22.5 Å². The van der Waals surface area contributed by atoms with Gasteiger partial charge in [-0.25, -0.2) is 14.8 Å². The molecule has 3 aromatic rings. The van der Waals surface area contributed by atoms with Gasteiger partial charge in [0.2, 0.25) is 0 Å². The maximum atomic E-state index is 11.6. The molecule has 0 aliphatic heterocycles. The molecule has 0 aliphatic rings. The van der Waals surface area contributed by atoms with E-state index in [0.717, 1.165) is 39.7 Å². The van der Waals surface area contributed by atoms with E-state index in [1.54, 1.807) is 0 Å². The summed E-state index contributed by atoms with van der Waals surface area (Å²) in [6.45, 7) is 10.7. The minimum Gasteiger partial charge on any atom is -0.489 e. The molecule has 1 amide bonds. The molecular formula is C25H29N3O3. The number of anilines is 1. The van der Waals surface area contributed by atoms with E-state index in [-0.39, 0.29) is 0 Å². The van der Waals surface area contributed by atoms with Crippen LogP contribution in [0.1, 0.15) is 47.8 Å². The number of hydrogen-bond acceptors (Lipinski definition) is 5. The Kier molecular flexibility index (Phi) is 6.90. The molecule has 2 aromatic carbocycles. The number of nitrogens with one attached hydrogen (secondary N) is 1. The van der Waals surface area contributed by atoms with Gasteiger partial charge in [0.05, 0.1) is 12.8 Å². The predicted molar refractivity (Wildman–Crippen MR) is 123 cm³/mol. The quantitative estimate of drug-likeness (QED) is 0.534. The molecule has 0 saturated heterocycles. The molecule has 0 spiro atoms. The number of aryl methyl sites for hydroxylation is 3. The van der Waals surface area contributed by atoms with Crippen LogP contribution in [0.4, 0.5) is 10.5 Å². The van der Waals surface area contributed by atoms with E-state index in [4.69, 9.17) is 14.7 Å². The van der Waals surface area contributed by atoms with Crippen LogP contribution in [0, 0.1) is 20.8 Å².